The van der Waals surface area contributed by atoms with Crippen molar-refractivity contribution in [3.63, 3.8) is 0 Å². The number of carbonyl (C=O) groups excluding carboxylic acids is 1. The van der Waals surface area contributed by atoms with Gasteiger partial charge in [0.05, 0.1) is 11.4 Å². The van der Waals surface area contributed by atoms with E-state index in [2.05, 4.69) is 42.1 Å². The van der Waals surface area contributed by atoms with E-state index in [-0.39, 0.29) is 5.91 Å². The smallest absolute Gasteiger partial charge is 0.233 e. The average Bonchev–Trinajstić information content (AvgIpc) is 3.11. The molecule has 1 heterocycles. The number of rotatable bonds is 6. The molecular weight excluding hydrogens is 344 g/mol. The zero-order valence-electron chi connectivity index (χ0n) is 15.2. The highest BCUT2D eigenvalue weighted by Gasteiger charge is 2.13. The predicted molar refractivity (Wildman–Crippen MR) is 104 cm³/mol. The van der Waals surface area contributed by atoms with E-state index in [0.717, 1.165) is 5.69 Å². The van der Waals surface area contributed by atoms with Crippen LogP contribution in [-0.2, 0) is 11.3 Å². The molecular formula is C20H22N4OS. The highest BCUT2D eigenvalue weighted by molar-refractivity contribution is 7.99. The molecule has 0 saturated heterocycles. The number of aromatic nitrogens is 3. The van der Waals surface area contributed by atoms with Crippen LogP contribution in [0, 0.1) is 13.8 Å². The maximum atomic E-state index is 12.4. The highest BCUT2D eigenvalue weighted by Crippen LogP contribution is 2.16. The molecule has 0 unspecified atom stereocenters. The number of amides is 1. The molecule has 3 rings (SSSR count). The van der Waals surface area contributed by atoms with Crippen molar-refractivity contribution < 1.29 is 4.79 Å². The van der Waals surface area contributed by atoms with Crippen LogP contribution in [-0.4, -0.2) is 38.4 Å². The lowest BCUT2D eigenvalue weighted by Gasteiger charge is -2.18. The van der Waals surface area contributed by atoms with Crippen LogP contribution in [0.4, 0.5) is 0 Å². The minimum Gasteiger partial charge on any atom is -0.341 e. The number of carbonyl (C=O) groups is 1. The third-order valence-corrected chi connectivity index (χ3v) is 4.98. The van der Waals surface area contributed by atoms with E-state index in [1.165, 1.54) is 28.5 Å². The van der Waals surface area contributed by atoms with Crippen molar-refractivity contribution >= 4 is 17.7 Å². The van der Waals surface area contributed by atoms with Crippen LogP contribution in [0.5, 0.6) is 0 Å². The Hall–Kier alpha value is -2.60. The van der Waals surface area contributed by atoms with Gasteiger partial charge in [-0.15, -0.1) is 5.10 Å². The predicted octanol–water partition coefficient (Wildman–Crippen LogP) is 3.63. The maximum absolute atomic E-state index is 12.4. The van der Waals surface area contributed by atoms with Crippen molar-refractivity contribution in [1.82, 2.24) is 19.7 Å². The molecule has 0 aliphatic rings. The number of para-hydroxylation sites is 1. The first-order valence-electron chi connectivity index (χ1n) is 8.43. The van der Waals surface area contributed by atoms with Gasteiger partial charge >= 0.3 is 0 Å². The van der Waals surface area contributed by atoms with Gasteiger partial charge < -0.3 is 4.90 Å². The van der Waals surface area contributed by atoms with Gasteiger partial charge in [-0.05, 0) is 37.1 Å². The van der Waals surface area contributed by atoms with Crippen LogP contribution in [0.25, 0.3) is 5.69 Å². The normalized spacial score (nSPS) is 10.7. The monoisotopic (exact) mass is 366 g/mol. The Balaban J connectivity index is 1.56. The van der Waals surface area contributed by atoms with Gasteiger partial charge in [-0.2, -0.15) is 0 Å². The second-order valence-corrected chi connectivity index (χ2v) is 7.22. The lowest BCUT2D eigenvalue weighted by molar-refractivity contribution is -0.127. The Morgan fingerprint density at radius 3 is 2.65 bits per heavy atom. The van der Waals surface area contributed by atoms with Crippen LogP contribution in [0.3, 0.4) is 0 Å². The molecule has 6 heteroatoms. The number of nitrogens with zero attached hydrogens (tertiary/aromatic N) is 4. The van der Waals surface area contributed by atoms with Gasteiger partial charge in [0.2, 0.25) is 11.1 Å². The topological polar surface area (TPSA) is 51.0 Å². The summed E-state index contributed by atoms with van der Waals surface area (Å²) in [5.41, 5.74) is 4.56. The van der Waals surface area contributed by atoms with E-state index in [0.29, 0.717) is 17.5 Å². The fraction of sp³-hybridized carbons (Fsp3) is 0.250. The van der Waals surface area contributed by atoms with Gasteiger partial charge in [-0.1, -0.05) is 53.7 Å². The molecule has 134 valence electrons. The molecule has 1 aromatic heterocycles. The van der Waals surface area contributed by atoms with Gasteiger partial charge in [-0.25, -0.2) is 9.67 Å². The molecule has 26 heavy (non-hydrogen) atoms. The second-order valence-electron chi connectivity index (χ2n) is 6.28. The SMILES string of the molecule is Cc1ccc(CN(C)C(=O)CSc2ncn(-c3ccccc3)n2)c(C)c1. The third kappa shape index (κ3) is 4.52. The van der Waals surface area contributed by atoms with Crippen molar-refractivity contribution in [2.24, 2.45) is 0 Å². The van der Waals surface area contributed by atoms with E-state index >= 15 is 0 Å². The molecule has 1 amide bonds. The molecule has 0 radical (unpaired) electrons. The van der Waals surface area contributed by atoms with Crippen LogP contribution >= 0.6 is 11.8 Å². The molecule has 0 N–H and O–H groups in total. The fourth-order valence-corrected chi connectivity index (χ4v) is 3.36. The van der Waals surface area contributed by atoms with Gasteiger partial charge in [0.1, 0.15) is 6.33 Å². The summed E-state index contributed by atoms with van der Waals surface area (Å²) in [5.74, 6) is 0.381. The summed E-state index contributed by atoms with van der Waals surface area (Å²) < 4.78 is 1.71. The Labute approximate surface area is 158 Å². The summed E-state index contributed by atoms with van der Waals surface area (Å²) in [6.07, 6.45) is 1.67. The fourth-order valence-electron chi connectivity index (χ4n) is 2.62. The molecule has 0 fully saturated rings. The van der Waals surface area contributed by atoms with Crippen molar-refractivity contribution in [3.8, 4) is 5.69 Å². The van der Waals surface area contributed by atoms with E-state index < -0.39 is 0 Å². The highest BCUT2D eigenvalue weighted by atomic mass is 32.2. The zero-order valence-corrected chi connectivity index (χ0v) is 16.0. The molecule has 0 bridgehead atoms. The average molecular weight is 366 g/mol. The van der Waals surface area contributed by atoms with Crippen molar-refractivity contribution in [2.75, 3.05) is 12.8 Å². The molecule has 0 atom stereocenters. The van der Waals surface area contributed by atoms with E-state index in [1.807, 2.05) is 37.4 Å². The zero-order chi connectivity index (χ0) is 18.5. The Bertz CT molecular complexity index is 892. The first kappa shape index (κ1) is 18.2. The number of benzene rings is 2. The van der Waals surface area contributed by atoms with Gasteiger partial charge in [-0.3, -0.25) is 4.79 Å². The number of thioether (sulfide) groups is 1. The van der Waals surface area contributed by atoms with E-state index in [9.17, 15) is 4.79 Å². The molecule has 5 nitrogen and oxygen atoms in total. The van der Waals surface area contributed by atoms with E-state index in [1.54, 1.807) is 15.9 Å². The first-order chi connectivity index (χ1) is 12.5. The quantitative estimate of drug-likeness (QED) is 0.625. The summed E-state index contributed by atoms with van der Waals surface area (Å²) in [7, 11) is 1.83. The van der Waals surface area contributed by atoms with Crippen molar-refractivity contribution in [2.45, 2.75) is 25.5 Å². The molecule has 3 aromatic rings. The van der Waals surface area contributed by atoms with E-state index in [4.69, 9.17) is 0 Å². The van der Waals surface area contributed by atoms with Gasteiger partial charge in [0.25, 0.3) is 0 Å². The number of hydrogen-bond donors (Lipinski definition) is 0. The first-order valence-corrected chi connectivity index (χ1v) is 9.41. The lowest BCUT2D eigenvalue weighted by atomic mass is 10.1. The van der Waals surface area contributed by atoms with Crippen LogP contribution in [0.15, 0.2) is 60.0 Å². The maximum Gasteiger partial charge on any atom is 0.233 e. The molecule has 2 aromatic carbocycles. The van der Waals surface area contributed by atoms with Crippen LogP contribution < -0.4 is 0 Å². The largest absolute Gasteiger partial charge is 0.341 e. The standard InChI is InChI=1S/C20H22N4OS/c1-15-9-10-17(16(2)11-15)12-23(3)19(25)13-26-20-21-14-24(22-20)18-7-5-4-6-8-18/h4-11,14H,12-13H2,1-3H3. The Morgan fingerprint density at radius 2 is 1.92 bits per heavy atom. The van der Waals surface area contributed by atoms with Gasteiger partial charge in [0, 0.05) is 13.6 Å². The Kier molecular flexibility index (Phi) is 5.73. The molecule has 0 aliphatic heterocycles. The number of hydrogen-bond acceptors (Lipinski definition) is 4. The summed E-state index contributed by atoms with van der Waals surface area (Å²) in [5, 5.41) is 5.02. The summed E-state index contributed by atoms with van der Waals surface area (Å²) in [6, 6.07) is 16.1. The molecule has 0 aliphatic carbocycles. The summed E-state index contributed by atoms with van der Waals surface area (Å²) in [6.45, 7) is 4.76. The summed E-state index contributed by atoms with van der Waals surface area (Å²) in [4.78, 5) is 18.4. The minimum absolute atomic E-state index is 0.0611. The van der Waals surface area contributed by atoms with Gasteiger partial charge in [0.15, 0.2) is 0 Å². The third-order valence-electron chi connectivity index (χ3n) is 4.15. The molecule has 0 spiro atoms. The second kappa shape index (κ2) is 8.19. The van der Waals surface area contributed by atoms with Crippen LogP contribution in [0.2, 0.25) is 0 Å². The molecule has 0 saturated carbocycles. The van der Waals surface area contributed by atoms with Crippen molar-refractivity contribution in [3.05, 3.63) is 71.5 Å². The Morgan fingerprint density at radius 1 is 1.15 bits per heavy atom. The van der Waals surface area contributed by atoms with Crippen molar-refractivity contribution in [1.29, 1.82) is 0 Å². The minimum atomic E-state index is 0.0611. The lowest BCUT2D eigenvalue weighted by Crippen LogP contribution is -2.28. The van der Waals surface area contributed by atoms with Crippen LogP contribution in [0.1, 0.15) is 16.7 Å². The summed E-state index contributed by atoms with van der Waals surface area (Å²) >= 11 is 1.36. The number of aryl methyl sites for hydroxylation is 2.